The van der Waals surface area contributed by atoms with Crippen LogP contribution in [0.15, 0.2) is 24.5 Å². The van der Waals surface area contributed by atoms with E-state index in [-0.39, 0.29) is 11.5 Å². The van der Waals surface area contributed by atoms with E-state index in [1.807, 2.05) is 0 Å². The maximum Gasteiger partial charge on any atom is 0.326 e. The molecular weight excluding hydrogens is 264 g/mol. The Kier molecular flexibility index (Phi) is 3.74. The number of fused-ring (bicyclic) bond motifs is 1. The SMILES string of the molecule is CCC(Nc1ncnc2ccc([N+](=O)[O-])cc12)C(=O)O. The van der Waals surface area contributed by atoms with Gasteiger partial charge in [0.2, 0.25) is 0 Å². The second-order valence-electron chi connectivity index (χ2n) is 4.12. The highest BCUT2D eigenvalue weighted by molar-refractivity contribution is 5.92. The third-order valence-electron chi connectivity index (χ3n) is 2.85. The van der Waals surface area contributed by atoms with Gasteiger partial charge in [-0.05, 0) is 12.5 Å². The molecule has 104 valence electrons. The van der Waals surface area contributed by atoms with Crippen molar-refractivity contribution in [3.63, 3.8) is 0 Å². The number of aliphatic carboxylic acids is 1. The van der Waals surface area contributed by atoms with Gasteiger partial charge in [0, 0.05) is 17.5 Å². The summed E-state index contributed by atoms with van der Waals surface area (Å²) in [6.07, 6.45) is 1.64. The number of hydrogen-bond donors (Lipinski definition) is 2. The normalized spacial score (nSPS) is 12.1. The molecule has 8 heteroatoms. The van der Waals surface area contributed by atoms with Crippen LogP contribution in [-0.4, -0.2) is 32.0 Å². The fourth-order valence-electron chi connectivity index (χ4n) is 1.78. The summed E-state index contributed by atoms with van der Waals surface area (Å²) in [4.78, 5) is 29.3. The van der Waals surface area contributed by atoms with Crippen LogP contribution in [0, 0.1) is 10.1 Å². The largest absolute Gasteiger partial charge is 0.480 e. The number of benzene rings is 1. The van der Waals surface area contributed by atoms with Crippen molar-refractivity contribution in [2.24, 2.45) is 0 Å². The van der Waals surface area contributed by atoms with E-state index >= 15 is 0 Å². The van der Waals surface area contributed by atoms with E-state index in [4.69, 9.17) is 5.11 Å². The third-order valence-corrected chi connectivity index (χ3v) is 2.85. The summed E-state index contributed by atoms with van der Waals surface area (Å²) < 4.78 is 0. The van der Waals surface area contributed by atoms with Crippen LogP contribution in [0.4, 0.5) is 11.5 Å². The Bertz CT molecular complexity index is 674. The molecule has 1 atom stereocenters. The number of hydrogen-bond acceptors (Lipinski definition) is 6. The number of carboxylic acid groups (broad SMARTS) is 1. The lowest BCUT2D eigenvalue weighted by Gasteiger charge is -2.14. The fraction of sp³-hybridized carbons (Fsp3) is 0.250. The summed E-state index contributed by atoms with van der Waals surface area (Å²) in [5.74, 6) is -0.738. The molecular formula is C12H12N4O4. The zero-order valence-corrected chi connectivity index (χ0v) is 10.6. The Morgan fingerprint density at radius 2 is 2.25 bits per heavy atom. The van der Waals surface area contributed by atoms with Crippen molar-refractivity contribution in [3.8, 4) is 0 Å². The van der Waals surface area contributed by atoms with Gasteiger partial charge in [0.25, 0.3) is 5.69 Å². The number of nitro benzene ring substituents is 1. The summed E-state index contributed by atoms with van der Waals surface area (Å²) in [6, 6.07) is 3.36. The molecule has 0 aliphatic rings. The fourth-order valence-corrected chi connectivity index (χ4v) is 1.78. The number of carboxylic acids is 1. The minimum atomic E-state index is -1.01. The van der Waals surface area contributed by atoms with Gasteiger partial charge < -0.3 is 10.4 Å². The number of aromatic nitrogens is 2. The van der Waals surface area contributed by atoms with Crippen LogP contribution in [-0.2, 0) is 4.79 Å². The molecule has 1 unspecified atom stereocenters. The number of nitrogens with zero attached hydrogens (tertiary/aromatic N) is 3. The number of anilines is 1. The van der Waals surface area contributed by atoms with Gasteiger partial charge in [0.1, 0.15) is 18.2 Å². The number of carbonyl (C=O) groups is 1. The van der Waals surface area contributed by atoms with Gasteiger partial charge in [-0.2, -0.15) is 0 Å². The van der Waals surface area contributed by atoms with Gasteiger partial charge in [-0.25, -0.2) is 14.8 Å². The van der Waals surface area contributed by atoms with Crippen molar-refractivity contribution in [1.29, 1.82) is 0 Å². The van der Waals surface area contributed by atoms with Crippen LogP contribution in [0.2, 0.25) is 0 Å². The molecule has 0 fully saturated rings. The monoisotopic (exact) mass is 276 g/mol. The van der Waals surface area contributed by atoms with Gasteiger partial charge in [-0.1, -0.05) is 6.92 Å². The molecule has 0 saturated carbocycles. The van der Waals surface area contributed by atoms with E-state index in [1.165, 1.54) is 24.5 Å². The number of nitrogens with one attached hydrogen (secondary N) is 1. The lowest BCUT2D eigenvalue weighted by Crippen LogP contribution is -2.28. The quantitative estimate of drug-likeness (QED) is 0.631. The van der Waals surface area contributed by atoms with E-state index < -0.39 is 16.9 Å². The molecule has 0 aliphatic heterocycles. The molecule has 0 radical (unpaired) electrons. The van der Waals surface area contributed by atoms with Crippen molar-refractivity contribution in [1.82, 2.24) is 9.97 Å². The minimum Gasteiger partial charge on any atom is -0.480 e. The molecule has 2 rings (SSSR count). The van der Waals surface area contributed by atoms with Crippen molar-refractivity contribution >= 4 is 28.4 Å². The summed E-state index contributed by atoms with van der Waals surface area (Å²) in [5.41, 5.74) is 0.409. The Balaban J connectivity index is 2.49. The maximum absolute atomic E-state index is 11.0. The van der Waals surface area contributed by atoms with Gasteiger partial charge >= 0.3 is 5.97 Å². The molecule has 0 bridgehead atoms. The molecule has 0 spiro atoms. The molecule has 2 aromatic rings. The molecule has 1 aromatic carbocycles. The molecule has 2 N–H and O–H groups in total. The summed E-state index contributed by atoms with van der Waals surface area (Å²) in [5, 5.41) is 23.0. The van der Waals surface area contributed by atoms with Crippen LogP contribution < -0.4 is 5.32 Å². The van der Waals surface area contributed by atoms with Gasteiger partial charge in [0.15, 0.2) is 0 Å². The van der Waals surface area contributed by atoms with Crippen LogP contribution in [0.1, 0.15) is 13.3 Å². The van der Waals surface area contributed by atoms with Crippen LogP contribution in [0.3, 0.4) is 0 Å². The number of rotatable bonds is 5. The zero-order valence-electron chi connectivity index (χ0n) is 10.6. The summed E-state index contributed by atoms with van der Waals surface area (Å²) in [6.45, 7) is 1.72. The second-order valence-corrected chi connectivity index (χ2v) is 4.12. The first-order valence-corrected chi connectivity index (χ1v) is 5.91. The summed E-state index contributed by atoms with van der Waals surface area (Å²) >= 11 is 0. The van der Waals surface area contributed by atoms with E-state index in [2.05, 4.69) is 15.3 Å². The van der Waals surface area contributed by atoms with E-state index in [0.717, 1.165) is 0 Å². The van der Waals surface area contributed by atoms with Crippen LogP contribution in [0.25, 0.3) is 10.9 Å². The Hall–Kier alpha value is -2.77. The molecule has 0 aliphatic carbocycles. The highest BCUT2D eigenvalue weighted by Gasteiger charge is 2.17. The number of nitro groups is 1. The Morgan fingerprint density at radius 1 is 1.50 bits per heavy atom. The minimum absolute atomic E-state index is 0.0984. The Labute approximate surface area is 113 Å². The first-order valence-electron chi connectivity index (χ1n) is 5.91. The molecule has 0 saturated heterocycles. The van der Waals surface area contributed by atoms with Gasteiger partial charge in [-0.15, -0.1) is 0 Å². The van der Waals surface area contributed by atoms with E-state index in [0.29, 0.717) is 17.3 Å². The van der Waals surface area contributed by atoms with Crippen molar-refractivity contribution in [2.75, 3.05) is 5.32 Å². The predicted octanol–water partition coefficient (Wildman–Crippen LogP) is 1.81. The van der Waals surface area contributed by atoms with Crippen molar-refractivity contribution in [2.45, 2.75) is 19.4 Å². The molecule has 0 amide bonds. The predicted molar refractivity (Wildman–Crippen MR) is 71.5 cm³/mol. The zero-order chi connectivity index (χ0) is 14.7. The average Bonchev–Trinajstić information content (AvgIpc) is 2.43. The van der Waals surface area contributed by atoms with E-state index in [1.54, 1.807) is 6.92 Å². The van der Waals surface area contributed by atoms with Gasteiger partial charge in [0.05, 0.1) is 10.4 Å². The Morgan fingerprint density at radius 3 is 2.85 bits per heavy atom. The first-order chi connectivity index (χ1) is 9.52. The standard InChI is InChI=1S/C12H12N4O4/c1-2-9(12(17)18)15-11-8-5-7(16(19)20)3-4-10(8)13-6-14-11/h3-6,9H,2H2,1H3,(H,17,18)(H,13,14,15). The van der Waals surface area contributed by atoms with Crippen molar-refractivity contribution < 1.29 is 14.8 Å². The van der Waals surface area contributed by atoms with Gasteiger partial charge in [-0.3, -0.25) is 10.1 Å². The summed E-state index contributed by atoms with van der Waals surface area (Å²) in [7, 11) is 0. The lowest BCUT2D eigenvalue weighted by molar-refractivity contribution is -0.384. The smallest absolute Gasteiger partial charge is 0.326 e. The third kappa shape index (κ3) is 2.63. The maximum atomic E-state index is 11.0. The number of non-ortho nitro benzene ring substituents is 1. The highest BCUT2D eigenvalue weighted by atomic mass is 16.6. The van der Waals surface area contributed by atoms with Crippen LogP contribution >= 0.6 is 0 Å². The topological polar surface area (TPSA) is 118 Å². The molecule has 1 aromatic heterocycles. The molecule has 1 heterocycles. The van der Waals surface area contributed by atoms with Crippen molar-refractivity contribution in [3.05, 3.63) is 34.6 Å². The molecule has 8 nitrogen and oxygen atoms in total. The second kappa shape index (κ2) is 5.47. The first kappa shape index (κ1) is 13.7. The lowest BCUT2D eigenvalue weighted by atomic mass is 10.2. The molecule has 20 heavy (non-hydrogen) atoms. The van der Waals surface area contributed by atoms with Crippen LogP contribution in [0.5, 0.6) is 0 Å². The average molecular weight is 276 g/mol. The van der Waals surface area contributed by atoms with E-state index in [9.17, 15) is 14.9 Å². The highest BCUT2D eigenvalue weighted by Crippen LogP contribution is 2.24.